The zero-order chi connectivity index (χ0) is 19.1. The molecule has 1 unspecified atom stereocenters. The Kier molecular flexibility index (Phi) is 6.82. The van der Waals surface area contributed by atoms with Crippen molar-refractivity contribution in [2.24, 2.45) is 0 Å². The smallest absolute Gasteiger partial charge is 0.339 e. The molecule has 0 radical (unpaired) electrons. The zero-order valence-electron chi connectivity index (χ0n) is 15.7. The van der Waals surface area contributed by atoms with E-state index in [1.54, 1.807) is 26.0 Å². The van der Waals surface area contributed by atoms with Gasteiger partial charge >= 0.3 is 5.97 Å². The number of hydrogen-bond acceptors (Lipinski definition) is 8. The fraction of sp³-hybridized carbons (Fsp3) is 0.500. The Balaban J connectivity index is 2.30. The summed E-state index contributed by atoms with van der Waals surface area (Å²) in [4.78, 5) is 12.6. The van der Waals surface area contributed by atoms with Crippen molar-refractivity contribution < 1.29 is 28.2 Å². The second-order valence-corrected chi connectivity index (χ2v) is 5.31. The molecule has 2 aromatic rings. The van der Waals surface area contributed by atoms with E-state index in [1.807, 2.05) is 20.8 Å². The minimum absolute atomic E-state index is 0.233. The van der Waals surface area contributed by atoms with Gasteiger partial charge in [-0.05, 0) is 39.8 Å². The molecule has 0 saturated heterocycles. The Morgan fingerprint density at radius 2 is 1.62 bits per heavy atom. The average Bonchev–Trinajstić information content (AvgIpc) is 3.04. The highest BCUT2D eigenvalue weighted by Gasteiger charge is 2.22. The van der Waals surface area contributed by atoms with Crippen molar-refractivity contribution in [3.63, 3.8) is 0 Å². The molecule has 1 atom stereocenters. The summed E-state index contributed by atoms with van der Waals surface area (Å²) in [6.45, 7) is 10.2. The number of ether oxygens (including phenoxy) is 4. The van der Waals surface area contributed by atoms with E-state index < -0.39 is 12.1 Å². The highest BCUT2D eigenvalue weighted by atomic mass is 16.6. The molecule has 0 aliphatic heterocycles. The van der Waals surface area contributed by atoms with Gasteiger partial charge in [0.15, 0.2) is 17.6 Å². The standard InChI is InChI=1S/C18H24N2O6/c1-6-22-14-9-13(10-15(23-7-2)16(14)24-8-3)18(21)25-11(4)17-20-19-12(5)26-17/h9-11H,6-8H2,1-5H3. The second kappa shape index (κ2) is 9.07. The first-order chi connectivity index (χ1) is 12.5. The summed E-state index contributed by atoms with van der Waals surface area (Å²) in [5.41, 5.74) is 0.281. The summed E-state index contributed by atoms with van der Waals surface area (Å²) < 4.78 is 27.5. The maximum atomic E-state index is 12.6. The van der Waals surface area contributed by atoms with Crippen LogP contribution in [0.2, 0.25) is 0 Å². The van der Waals surface area contributed by atoms with Gasteiger partial charge in [-0.25, -0.2) is 4.79 Å². The average molecular weight is 364 g/mol. The Morgan fingerprint density at radius 3 is 2.08 bits per heavy atom. The first-order valence-electron chi connectivity index (χ1n) is 8.57. The monoisotopic (exact) mass is 364 g/mol. The highest BCUT2D eigenvalue weighted by molar-refractivity contribution is 5.91. The number of nitrogens with zero attached hydrogens (tertiary/aromatic N) is 2. The number of aryl methyl sites for hydroxylation is 1. The summed E-state index contributed by atoms with van der Waals surface area (Å²) in [5, 5.41) is 7.59. The number of carbonyl (C=O) groups is 1. The van der Waals surface area contributed by atoms with Crippen molar-refractivity contribution >= 4 is 5.97 Å². The number of rotatable bonds is 9. The summed E-state index contributed by atoms with van der Waals surface area (Å²) >= 11 is 0. The maximum Gasteiger partial charge on any atom is 0.339 e. The lowest BCUT2D eigenvalue weighted by atomic mass is 10.1. The number of benzene rings is 1. The lowest BCUT2D eigenvalue weighted by Crippen LogP contribution is -2.11. The quantitative estimate of drug-likeness (QED) is 0.624. The Labute approximate surface area is 152 Å². The topological polar surface area (TPSA) is 92.9 Å². The third kappa shape index (κ3) is 4.65. The van der Waals surface area contributed by atoms with Crippen molar-refractivity contribution in [2.45, 2.75) is 40.7 Å². The molecule has 1 heterocycles. The number of aromatic nitrogens is 2. The fourth-order valence-corrected chi connectivity index (χ4v) is 2.26. The van der Waals surface area contributed by atoms with Crippen molar-refractivity contribution in [1.29, 1.82) is 0 Å². The molecule has 0 amide bonds. The van der Waals surface area contributed by atoms with E-state index in [0.29, 0.717) is 43.0 Å². The summed E-state index contributed by atoms with van der Waals surface area (Å²) in [6, 6.07) is 3.15. The Bertz CT molecular complexity index is 716. The van der Waals surface area contributed by atoms with Crippen LogP contribution < -0.4 is 14.2 Å². The van der Waals surface area contributed by atoms with Gasteiger partial charge < -0.3 is 23.4 Å². The van der Waals surface area contributed by atoms with Gasteiger partial charge in [-0.15, -0.1) is 10.2 Å². The Hall–Kier alpha value is -2.77. The van der Waals surface area contributed by atoms with Gasteiger partial charge in [0, 0.05) is 6.92 Å². The summed E-state index contributed by atoms with van der Waals surface area (Å²) in [6.07, 6.45) is -0.679. The second-order valence-electron chi connectivity index (χ2n) is 5.31. The lowest BCUT2D eigenvalue weighted by molar-refractivity contribution is 0.0276. The molecule has 2 rings (SSSR count). The van der Waals surface area contributed by atoms with E-state index in [0.717, 1.165) is 0 Å². The van der Waals surface area contributed by atoms with Crippen LogP contribution in [0.5, 0.6) is 17.2 Å². The molecule has 0 saturated carbocycles. The van der Waals surface area contributed by atoms with Crippen molar-refractivity contribution in [3.8, 4) is 17.2 Å². The van der Waals surface area contributed by atoms with Gasteiger partial charge in [0.25, 0.3) is 5.89 Å². The minimum atomic E-state index is -0.679. The zero-order valence-corrected chi connectivity index (χ0v) is 15.7. The molecule has 8 nitrogen and oxygen atoms in total. The summed E-state index contributed by atoms with van der Waals surface area (Å²) in [7, 11) is 0. The molecule has 0 N–H and O–H groups in total. The van der Waals surface area contributed by atoms with E-state index in [-0.39, 0.29) is 11.5 Å². The van der Waals surface area contributed by atoms with Crippen molar-refractivity contribution in [2.75, 3.05) is 19.8 Å². The Morgan fingerprint density at radius 1 is 1.04 bits per heavy atom. The maximum absolute atomic E-state index is 12.6. The molecule has 142 valence electrons. The fourth-order valence-electron chi connectivity index (χ4n) is 2.26. The molecule has 0 spiro atoms. The minimum Gasteiger partial charge on any atom is -0.490 e. The van der Waals surface area contributed by atoms with E-state index >= 15 is 0 Å². The van der Waals surface area contributed by atoms with Crippen LogP contribution >= 0.6 is 0 Å². The van der Waals surface area contributed by atoms with Crippen LogP contribution in [0.15, 0.2) is 16.5 Å². The van der Waals surface area contributed by atoms with Crippen LogP contribution in [0.25, 0.3) is 0 Å². The van der Waals surface area contributed by atoms with Gasteiger partial charge in [0.05, 0.1) is 25.4 Å². The van der Waals surface area contributed by atoms with E-state index in [1.165, 1.54) is 0 Å². The van der Waals surface area contributed by atoms with Gasteiger partial charge in [-0.3, -0.25) is 0 Å². The third-order valence-electron chi connectivity index (χ3n) is 3.32. The molecule has 1 aromatic heterocycles. The van der Waals surface area contributed by atoms with E-state index in [2.05, 4.69) is 10.2 Å². The van der Waals surface area contributed by atoms with Crippen LogP contribution in [0, 0.1) is 6.92 Å². The van der Waals surface area contributed by atoms with Gasteiger partial charge in [-0.1, -0.05) is 0 Å². The van der Waals surface area contributed by atoms with Crippen LogP contribution in [-0.2, 0) is 4.74 Å². The first kappa shape index (κ1) is 19.6. The molecular weight excluding hydrogens is 340 g/mol. The highest BCUT2D eigenvalue weighted by Crippen LogP contribution is 2.39. The normalized spacial score (nSPS) is 11.7. The first-order valence-corrected chi connectivity index (χ1v) is 8.57. The molecule has 0 aliphatic carbocycles. The number of carbonyl (C=O) groups excluding carboxylic acids is 1. The largest absolute Gasteiger partial charge is 0.490 e. The van der Waals surface area contributed by atoms with Gasteiger partial charge in [-0.2, -0.15) is 0 Å². The van der Waals surface area contributed by atoms with Crippen LogP contribution in [0.1, 0.15) is 55.9 Å². The predicted molar refractivity (Wildman–Crippen MR) is 92.8 cm³/mol. The molecule has 0 bridgehead atoms. The summed E-state index contributed by atoms with van der Waals surface area (Å²) in [5.74, 6) is 1.40. The molecule has 0 fully saturated rings. The lowest BCUT2D eigenvalue weighted by Gasteiger charge is -2.17. The molecule has 8 heteroatoms. The van der Waals surface area contributed by atoms with Crippen LogP contribution in [0.3, 0.4) is 0 Å². The van der Waals surface area contributed by atoms with E-state index in [9.17, 15) is 4.79 Å². The molecular formula is C18H24N2O6. The molecule has 0 aliphatic rings. The number of esters is 1. The van der Waals surface area contributed by atoms with E-state index in [4.69, 9.17) is 23.4 Å². The predicted octanol–water partition coefficient (Wildman–Crippen LogP) is 3.49. The number of hydrogen-bond donors (Lipinski definition) is 0. The molecule has 26 heavy (non-hydrogen) atoms. The van der Waals surface area contributed by atoms with Gasteiger partial charge in [0.1, 0.15) is 0 Å². The van der Waals surface area contributed by atoms with Crippen LogP contribution in [-0.4, -0.2) is 36.0 Å². The SMILES string of the molecule is CCOc1cc(C(=O)OC(C)c2nnc(C)o2)cc(OCC)c1OCC. The molecule has 1 aromatic carbocycles. The van der Waals surface area contributed by atoms with Crippen molar-refractivity contribution in [1.82, 2.24) is 10.2 Å². The van der Waals surface area contributed by atoms with Crippen LogP contribution in [0.4, 0.5) is 0 Å². The van der Waals surface area contributed by atoms with Gasteiger partial charge in [0.2, 0.25) is 11.6 Å². The third-order valence-corrected chi connectivity index (χ3v) is 3.32. The van der Waals surface area contributed by atoms with Crippen molar-refractivity contribution in [3.05, 3.63) is 29.5 Å².